The standard InChI is InChI=1S/C17H22N2OS/c1-11-14-7-3-4-8-15(14)21-16(11)17(20)19-9-5-6-13(10-19)12(2)18/h3-4,7-8,12-13H,5-6,9-10,18H2,1-2H3/t12-,13-/m1/s1. The summed E-state index contributed by atoms with van der Waals surface area (Å²) in [6.45, 7) is 5.75. The van der Waals surface area contributed by atoms with Gasteiger partial charge in [0.2, 0.25) is 0 Å². The van der Waals surface area contributed by atoms with Crippen molar-refractivity contribution in [2.24, 2.45) is 11.7 Å². The second-order valence-corrected chi connectivity index (χ2v) is 7.12. The number of nitrogens with two attached hydrogens (primary N) is 1. The second kappa shape index (κ2) is 5.78. The maximum Gasteiger partial charge on any atom is 0.264 e. The number of carbonyl (C=O) groups excluding carboxylic acids is 1. The minimum Gasteiger partial charge on any atom is -0.338 e. The number of aryl methyl sites for hydroxylation is 1. The van der Waals surface area contributed by atoms with E-state index in [1.54, 1.807) is 11.3 Å². The highest BCUT2D eigenvalue weighted by Gasteiger charge is 2.28. The van der Waals surface area contributed by atoms with Crippen LogP contribution in [0, 0.1) is 12.8 Å². The topological polar surface area (TPSA) is 46.3 Å². The SMILES string of the molecule is Cc1c(C(=O)N2CCC[C@@H]([C@@H](C)N)C2)sc2ccccc12. The molecular formula is C17H22N2OS. The number of fused-ring (bicyclic) bond motifs is 1. The molecule has 0 spiro atoms. The predicted octanol–water partition coefficient (Wildman–Crippen LogP) is 3.41. The summed E-state index contributed by atoms with van der Waals surface area (Å²) in [5, 5.41) is 1.20. The molecule has 2 heterocycles. The zero-order valence-corrected chi connectivity index (χ0v) is 13.5. The fraction of sp³-hybridized carbons (Fsp3) is 0.471. The van der Waals surface area contributed by atoms with E-state index in [0.29, 0.717) is 5.92 Å². The van der Waals surface area contributed by atoms with Crippen molar-refractivity contribution in [2.75, 3.05) is 13.1 Å². The van der Waals surface area contributed by atoms with Crippen LogP contribution < -0.4 is 5.73 Å². The van der Waals surface area contributed by atoms with Gasteiger partial charge in [-0.25, -0.2) is 0 Å². The monoisotopic (exact) mass is 302 g/mol. The minimum atomic E-state index is 0.157. The van der Waals surface area contributed by atoms with E-state index in [1.165, 1.54) is 10.1 Å². The summed E-state index contributed by atoms with van der Waals surface area (Å²) in [6, 6.07) is 8.40. The lowest BCUT2D eigenvalue weighted by molar-refractivity contribution is 0.0665. The fourth-order valence-corrected chi connectivity index (χ4v) is 4.32. The Morgan fingerprint density at radius 2 is 2.19 bits per heavy atom. The number of rotatable bonds is 2. The van der Waals surface area contributed by atoms with Gasteiger partial charge >= 0.3 is 0 Å². The van der Waals surface area contributed by atoms with Gasteiger partial charge in [0, 0.05) is 23.8 Å². The number of piperidine rings is 1. The maximum atomic E-state index is 12.9. The zero-order chi connectivity index (χ0) is 15.0. The van der Waals surface area contributed by atoms with Gasteiger partial charge in [-0.1, -0.05) is 18.2 Å². The molecular weight excluding hydrogens is 280 g/mol. The van der Waals surface area contributed by atoms with E-state index in [1.807, 2.05) is 24.0 Å². The van der Waals surface area contributed by atoms with Crippen LogP contribution in [-0.2, 0) is 0 Å². The Hall–Kier alpha value is -1.39. The van der Waals surface area contributed by atoms with E-state index in [2.05, 4.69) is 19.1 Å². The molecule has 1 aliphatic rings. The molecule has 4 heteroatoms. The molecule has 1 saturated heterocycles. The largest absolute Gasteiger partial charge is 0.338 e. The average molecular weight is 302 g/mol. The summed E-state index contributed by atoms with van der Waals surface area (Å²) in [7, 11) is 0. The van der Waals surface area contributed by atoms with Crippen LogP contribution in [0.5, 0.6) is 0 Å². The molecule has 1 amide bonds. The number of thiophene rings is 1. The molecule has 3 rings (SSSR count). The molecule has 1 aromatic heterocycles. The first kappa shape index (κ1) is 14.5. The number of nitrogens with zero attached hydrogens (tertiary/aromatic N) is 1. The van der Waals surface area contributed by atoms with Crippen LogP contribution in [-0.4, -0.2) is 29.9 Å². The Balaban J connectivity index is 1.88. The molecule has 112 valence electrons. The maximum absolute atomic E-state index is 12.9. The third-order valence-corrected chi connectivity index (χ3v) is 5.79. The van der Waals surface area contributed by atoms with Crippen LogP contribution in [0.3, 0.4) is 0 Å². The molecule has 3 nitrogen and oxygen atoms in total. The van der Waals surface area contributed by atoms with Crippen molar-refractivity contribution in [2.45, 2.75) is 32.7 Å². The number of hydrogen-bond donors (Lipinski definition) is 1. The highest BCUT2D eigenvalue weighted by atomic mass is 32.1. The Labute approximate surface area is 129 Å². The molecule has 0 radical (unpaired) electrons. The quantitative estimate of drug-likeness (QED) is 0.924. The minimum absolute atomic E-state index is 0.157. The first-order chi connectivity index (χ1) is 10.1. The van der Waals surface area contributed by atoms with E-state index >= 15 is 0 Å². The Bertz CT molecular complexity index is 662. The molecule has 1 aliphatic heterocycles. The Morgan fingerprint density at radius 1 is 1.43 bits per heavy atom. The summed E-state index contributed by atoms with van der Waals surface area (Å²) < 4.78 is 1.19. The molecule has 1 aromatic carbocycles. The summed E-state index contributed by atoms with van der Waals surface area (Å²) in [4.78, 5) is 15.7. The number of hydrogen-bond acceptors (Lipinski definition) is 3. The lowest BCUT2D eigenvalue weighted by atomic mass is 9.92. The normalized spacial score (nSPS) is 20.7. The fourth-order valence-electron chi connectivity index (χ4n) is 3.15. The van der Waals surface area contributed by atoms with Gasteiger partial charge < -0.3 is 10.6 Å². The van der Waals surface area contributed by atoms with Gasteiger partial charge in [-0.2, -0.15) is 0 Å². The first-order valence-corrected chi connectivity index (χ1v) is 8.42. The first-order valence-electron chi connectivity index (χ1n) is 7.61. The Morgan fingerprint density at radius 3 is 2.90 bits per heavy atom. The lowest BCUT2D eigenvalue weighted by Crippen LogP contribution is -2.45. The molecule has 0 aliphatic carbocycles. The summed E-state index contributed by atoms with van der Waals surface area (Å²) in [5.41, 5.74) is 7.14. The van der Waals surface area contributed by atoms with E-state index in [0.717, 1.165) is 36.4 Å². The zero-order valence-electron chi connectivity index (χ0n) is 12.6. The number of benzene rings is 1. The van der Waals surface area contributed by atoms with E-state index in [4.69, 9.17) is 5.73 Å². The third-order valence-electron chi connectivity index (χ3n) is 4.53. The van der Waals surface area contributed by atoms with Crippen molar-refractivity contribution < 1.29 is 4.79 Å². The molecule has 2 N–H and O–H groups in total. The summed E-state index contributed by atoms with van der Waals surface area (Å²) in [5.74, 6) is 0.608. The molecule has 2 aromatic rings. The van der Waals surface area contributed by atoms with Crippen LogP contribution in [0.1, 0.15) is 35.0 Å². The molecule has 0 unspecified atom stereocenters. The van der Waals surface area contributed by atoms with Crippen LogP contribution in [0.25, 0.3) is 10.1 Å². The van der Waals surface area contributed by atoms with Gasteiger partial charge in [-0.3, -0.25) is 4.79 Å². The van der Waals surface area contributed by atoms with Crippen LogP contribution in [0.2, 0.25) is 0 Å². The van der Waals surface area contributed by atoms with Crippen LogP contribution in [0.15, 0.2) is 24.3 Å². The van der Waals surface area contributed by atoms with Gasteiger partial charge in [0.25, 0.3) is 5.91 Å². The van der Waals surface area contributed by atoms with Crippen molar-refractivity contribution in [1.82, 2.24) is 4.90 Å². The van der Waals surface area contributed by atoms with Crippen molar-refractivity contribution in [1.29, 1.82) is 0 Å². The van der Waals surface area contributed by atoms with Crippen molar-refractivity contribution in [3.05, 3.63) is 34.7 Å². The van der Waals surface area contributed by atoms with Crippen LogP contribution >= 0.6 is 11.3 Å². The predicted molar refractivity (Wildman–Crippen MR) is 88.8 cm³/mol. The summed E-state index contributed by atoms with van der Waals surface area (Å²) in [6.07, 6.45) is 2.19. The van der Waals surface area contributed by atoms with Crippen molar-refractivity contribution in [3.8, 4) is 0 Å². The molecule has 0 bridgehead atoms. The molecule has 1 fully saturated rings. The van der Waals surface area contributed by atoms with E-state index in [-0.39, 0.29) is 11.9 Å². The number of amides is 1. The lowest BCUT2D eigenvalue weighted by Gasteiger charge is -2.34. The third kappa shape index (κ3) is 2.70. The van der Waals surface area contributed by atoms with Gasteiger partial charge in [0.1, 0.15) is 0 Å². The number of likely N-dealkylation sites (tertiary alicyclic amines) is 1. The summed E-state index contributed by atoms with van der Waals surface area (Å²) >= 11 is 1.61. The van der Waals surface area contributed by atoms with Gasteiger partial charge in [0.15, 0.2) is 0 Å². The smallest absolute Gasteiger partial charge is 0.264 e. The Kier molecular flexibility index (Phi) is 4.00. The van der Waals surface area contributed by atoms with Gasteiger partial charge in [0.05, 0.1) is 4.88 Å². The van der Waals surface area contributed by atoms with Gasteiger partial charge in [-0.15, -0.1) is 11.3 Å². The van der Waals surface area contributed by atoms with Crippen LogP contribution in [0.4, 0.5) is 0 Å². The van der Waals surface area contributed by atoms with E-state index in [9.17, 15) is 4.79 Å². The highest BCUT2D eigenvalue weighted by molar-refractivity contribution is 7.21. The van der Waals surface area contributed by atoms with E-state index < -0.39 is 0 Å². The average Bonchev–Trinajstić information content (AvgIpc) is 2.84. The van der Waals surface area contributed by atoms with Gasteiger partial charge in [-0.05, 0) is 49.6 Å². The highest BCUT2D eigenvalue weighted by Crippen LogP contribution is 2.32. The second-order valence-electron chi connectivity index (χ2n) is 6.06. The molecule has 2 atom stereocenters. The molecule has 0 saturated carbocycles. The molecule has 21 heavy (non-hydrogen) atoms. The van der Waals surface area contributed by atoms with Crippen molar-refractivity contribution >= 4 is 27.3 Å². The number of carbonyl (C=O) groups is 1. The van der Waals surface area contributed by atoms with Crippen molar-refractivity contribution in [3.63, 3.8) is 0 Å².